The van der Waals surface area contributed by atoms with Crippen molar-refractivity contribution in [3.8, 4) is 28.4 Å². The van der Waals surface area contributed by atoms with Crippen molar-refractivity contribution in [2.45, 2.75) is 90.9 Å². The lowest BCUT2D eigenvalue weighted by Gasteiger charge is -2.31. The van der Waals surface area contributed by atoms with Gasteiger partial charge in [-0.2, -0.15) is 0 Å². The molecular weight excluding hydrogens is 889 g/mol. The third kappa shape index (κ3) is 8.86. The first-order valence-electron chi connectivity index (χ1n) is 25.8. The van der Waals surface area contributed by atoms with Gasteiger partial charge in [0.05, 0.1) is 22.4 Å². The smallest absolute Gasteiger partial charge is 0.137 e. The third-order valence-corrected chi connectivity index (χ3v) is 15.4. The Kier molecular flexibility index (Phi) is 11.7. The van der Waals surface area contributed by atoms with E-state index in [1.54, 1.807) is 0 Å². The Morgan fingerprint density at radius 2 is 1.01 bits per heavy atom. The molecule has 0 unspecified atom stereocenters. The van der Waals surface area contributed by atoms with Crippen molar-refractivity contribution in [3.05, 3.63) is 240 Å². The number of aromatic nitrogens is 2. The monoisotopic (exact) mass is 955 g/mol. The van der Waals surface area contributed by atoms with E-state index >= 15 is 0 Å². The maximum atomic E-state index is 6.95. The Labute approximate surface area is 432 Å². The van der Waals surface area contributed by atoms with E-state index in [9.17, 15) is 0 Å². The van der Waals surface area contributed by atoms with Gasteiger partial charge in [-0.05, 0) is 128 Å². The minimum absolute atomic E-state index is 0.0305. The second kappa shape index (κ2) is 18.0. The van der Waals surface area contributed by atoms with E-state index in [1.807, 2.05) is 6.20 Å². The van der Waals surface area contributed by atoms with Gasteiger partial charge < -0.3 is 14.5 Å². The molecule has 5 nitrogen and oxygen atoms in total. The van der Waals surface area contributed by atoms with Crippen LogP contribution in [0.25, 0.3) is 38.8 Å². The second-order valence-electron chi connectivity index (χ2n) is 23.1. The van der Waals surface area contributed by atoms with Gasteiger partial charge >= 0.3 is 0 Å². The van der Waals surface area contributed by atoms with Crippen LogP contribution in [0.5, 0.6) is 11.5 Å². The highest BCUT2D eigenvalue weighted by molar-refractivity contribution is 6.10. The van der Waals surface area contributed by atoms with Crippen molar-refractivity contribution < 1.29 is 4.74 Å². The Morgan fingerprint density at radius 1 is 0.384 bits per heavy atom. The van der Waals surface area contributed by atoms with E-state index in [0.717, 1.165) is 44.8 Å². The molecule has 0 fully saturated rings. The largest absolute Gasteiger partial charge is 0.457 e. The maximum Gasteiger partial charge on any atom is 0.137 e. The minimum Gasteiger partial charge on any atom is -0.457 e. The Bertz CT molecular complexity index is 3650. The molecule has 0 bridgehead atoms. The first kappa shape index (κ1) is 47.4. The summed E-state index contributed by atoms with van der Waals surface area (Å²) in [5.74, 6) is 2.39. The second-order valence-corrected chi connectivity index (χ2v) is 23.1. The first-order chi connectivity index (χ1) is 34.9. The van der Waals surface area contributed by atoms with E-state index in [-0.39, 0.29) is 21.7 Å². The van der Waals surface area contributed by atoms with Gasteiger partial charge in [0.15, 0.2) is 0 Å². The van der Waals surface area contributed by atoms with Crippen LogP contribution in [0.3, 0.4) is 0 Å². The molecule has 0 atom stereocenters. The first-order valence-corrected chi connectivity index (χ1v) is 25.8. The predicted molar refractivity (Wildman–Crippen MR) is 307 cm³/mol. The van der Waals surface area contributed by atoms with Crippen LogP contribution in [-0.4, -0.2) is 16.2 Å². The highest BCUT2D eigenvalue weighted by Gasteiger charge is 2.33. The van der Waals surface area contributed by atoms with Gasteiger partial charge in [0, 0.05) is 51.3 Å². The Balaban J connectivity index is 0.991. The number of rotatable bonds is 10. The quantitative estimate of drug-likeness (QED) is 0.137. The number of ether oxygens (including phenoxy) is 1. The van der Waals surface area contributed by atoms with Gasteiger partial charge in [-0.25, -0.2) is 4.98 Å². The van der Waals surface area contributed by atoms with Crippen LogP contribution < -0.4 is 14.5 Å². The summed E-state index contributed by atoms with van der Waals surface area (Å²) >= 11 is 0. The standard InChI is InChI=1S/C68H66N4O/c1-65(2,3)50-30-34-61-63(41-50)70(45-71(61)55-39-52(66(4,5)6)38-53(40-55)68(9,10)49-25-18-13-19-26-49)54-27-20-28-56(43-54)73-57-31-32-58-59-37-47(46-21-14-11-15-22-46)29-33-60(59)72(62(58)44-57)64-42-51(35-36-69-64)67(7,8)48-23-16-12-17-24-48/h11-44H,45H2,1-10H3. The van der Waals surface area contributed by atoms with E-state index in [4.69, 9.17) is 9.72 Å². The van der Waals surface area contributed by atoms with E-state index < -0.39 is 0 Å². The van der Waals surface area contributed by atoms with Crippen LogP contribution in [0, 0.1) is 0 Å². The molecule has 11 rings (SSSR count). The number of nitrogens with zero attached hydrogens (tertiary/aromatic N) is 4. The summed E-state index contributed by atoms with van der Waals surface area (Å²) in [5.41, 5.74) is 16.2. The van der Waals surface area contributed by atoms with Crippen LogP contribution in [-0.2, 0) is 21.7 Å². The number of hydrogen-bond donors (Lipinski definition) is 0. The third-order valence-electron chi connectivity index (χ3n) is 15.4. The fourth-order valence-corrected chi connectivity index (χ4v) is 10.7. The molecule has 0 saturated heterocycles. The molecule has 0 amide bonds. The molecule has 1 aliphatic rings. The van der Waals surface area contributed by atoms with Crippen molar-refractivity contribution >= 4 is 44.6 Å². The molecule has 0 aliphatic carbocycles. The molecule has 0 radical (unpaired) electrons. The Morgan fingerprint density at radius 3 is 1.70 bits per heavy atom. The van der Waals surface area contributed by atoms with Gasteiger partial charge in [0.1, 0.15) is 24.0 Å². The molecule has 3 heterocycles. The lowest BCUT2D eigenvalue weighted by Crippen LogP contribution is -2.26. The van der Waals surface area contributed by atoms with Crippen molar-refractivity contribution in [3.63, 3.8) is 0 Å². The lowest BCUT2D eigenvalue weighted by molar-refractivity contribution is 0.483. The number of anilines is 4. The lowest BCUT2D eigenvalue weighted by atomic mass is 9.75. The maximum absolute atomic E-state index is 6.95. The summed E-state index contributed by atoms with van der Waals surface area (Å²) in [6, 6.07) is 72.8. The summed E-state index contributed by atoms with van der Waals surface area (Å²) in [7, 11) is 0. The average molecular weight is 955 g/mol. The molecular formula is C68H66N4O. The highest BCUT2D eigenvalue weighted by atomic mass is 16.5. The molecule has 8 aromatic carbocycles. The highest BCUT2D eigenvalue weighted by Crippen LogP contribution is 2.49. The van der Waals surface area contributed by atoms with Gasteiger partial charge in [0.25, 0.3) is 0 Å². The number of pyridine rings is 1. The molecule has 364 valence electrons. The fraction of sp³-hybridized carbons (Fsp3) is 0.221. The number of hydrogen-bond acceptors (Lipinski definition) is 4. The van der Waals surface area contributed by atoms with E-state index in [1.165, 1.54) is 61.6 Å². The zero-order valence-corrected chi connectivity index (χ0v) is 44.0. The van der Waals surface area contributed by atoms with Gasteiger partial charge in [-0.3, -0.25) is 4.57 Å². The molecule has 73 heavy (non-hydrogen) atoms. The summed E-state index contributed by atoms with van der Waals surface area (Å²) in [6.45, 7) is 23.8. The average Bonchev–Trinajstić information content (AvgIpc) is 3.94. The van der Waals surface area contributed by atoms with Crippen LogP contribution in [0.4, 0.5) is 22.7 Å². The van der Waals surface area contributed by atoms with Crippen molar-refractivity contribution in [2.75, 3.05) is 16.5 Å². The zero-order chi connectivity index (χ0) is 50.9. The SMILES string of the molecule is CC(C)(C)c1cc(N2CN(c3cccc(Oc4ccc5c6cc(-c7ccccc7)ccc6n(-c6cc(C(C)(C)c7ccccc7)ccn6)c5c4)c3)c3cc(C(C)(C)C)ccc32)cc(C(C)(C)c2ccccc2)c1. The summed E-state index contributed by atoms with van der Waals surface area (Å²) in [4.78, 5) is 10.0. The number of benzene rings is 8. The van der Waals surface area contributed by atoms with Crippen molar-refractivity contribution in [1.29, 1.82) is 0 Å². The van der Waals surface area contributed by atoms with Crippen LogP contribution in [0.15, 0.2) is 206 Å². The predicted octanol–water partition coefficient (Wildman–Crippen LogP) is 18.1. The molecule has 5 heteroatoms. The topological polar surface area (TPSA) is 33.5 Å². The molecule has 0 spiro atoms. The molecule has 1 aliphatic heterocycles. The molecule has 0 N–H and O–H groups in total. The minimum atomic E-state index is -0.239. The number of fused-ring (bicyclic) bond motifs is 4. The fourth-order valence-electron chi connectivity index (χ4n) is 10.7. The molecule has 10 aromatic rings. The normalized spacial score (nSPS) is 13.2. The van der Waals surface area contributed by atoms with E-state index in [0.29, 0.717) is 6.67 Å². The zero-order valence-electron chi connectivity index (χ0n) is 44.0. The van der Waals surface area contributed by atoms with Gasteiger partial charge in [-0.15, -0.1) is 0 Å². The van der Waals surface area contributed by atoms with Crippen LogP contribution >= 0.6 is 0 Å². The summed E-state index contributed by atoms with van der Waals surface area (Å²) in [5, 5.41) is 2.30. The van der Waals surface area contributed by atoms with E-state index in [2.05, 4.69) is 284 Å². The molecule has 2 aromatic heterocycles. The molecule has 0 saturated carbocycles. The van der Waals surface area contributed by atoms with Gasteiger partial charge in [-0.1, -0.05) is 184 Å². The van der Waals surface area contributed by atoms with Crippen LogP contribution in [0.1, 0.15) is 103 Å². The van der Waals surface area contributed by atoms with Crippen LogP contribution in [0.2, 0.25) is 0 Å². The Hall–Kier alpha value is -7.89. The van der Waals surface area contributed by atoms with Crippen molar-refractivity contribution in [1.82, 2.24) is 9.55 Å². The summed E-state index contributed by atoms with van der Waals surface area (Å²) < 4.78 is 9.26. The van der Waals surface area contributed by atoms with Crippen molar-refractivity contribution in [2.24, 2.45) is 0 Å². The summed E-state index contributed by atoms with van der Waals surface area (Å²) in [6.07, 6.45) is 1.95. The van der Waals surface area contributed by atoms with Gasteiger partial charge in [0.2, 0.25) is 0 Å².